The van der Waals surface area contributed by atoms with Gasteiger partial charge in [-0.2, -0.15) is 0 Å². The van der Waals surface area contributed by atoms with Crippen LogP contribution in [-0.4, -0.2) is 6.04 Å². The number of halogens is 1. The first-order valence-electron chi connectivity index (χ1n) is 4.32. The maximum absolute atomic E-state index is 5.79. The van der Waals surface area contributed by atoms with Gasteiger partial charge in [-0.25, -0.2) is 0 Å². The summed E-state index contributed by atoms with van der Waals surface area (Å²) in [5, 5.41) is 0. The number of hydrogen-bond acceptors (Lipinski definition) is 1. The zero-order chi connectivity index (χ0) is 8.53. The molecular weight excluding hydrogens is 158 g/mol. The number of unbranched alkanes of at least 4 members (excludes halogenated alkanes) is 2. The molecule has 0 saturated heterocycles. The lowest BCUT2D eigenvalue weighted by atomic mass is 10.1. The van der Waals surface area contributed by atoms with Crippen molar-refractivity contribution in [2.45, 2.75) is 45.1 Å². The minimum Gasteiger partial charge on any atom is -0.327 e. The Morgan fingerprint density at radius 2 is 2.18 bits per heavy atom. The van der Waals surface area contributed by atoms with Gasteiger partial charge in [0.1, 0.15) is 0 Å². The van der Waals surface area contributed by atoms with Crippen molar-refractivity contribution >= 4 is 11.6 Å². The largest absolute Gasteiger partial charge is 0.327 e. The second-order valence-corrected chi connectivity index (χ2v) is 3.11. The summed E-state index contributed by atoms with van der Waals surface area (Å²) in [4.78, 5) is 0. The van der Waals surface area contributed by atoms with Gasteiger partial charge < -0.3 is 5.73 Å². The van der Waals surface area contributed by atoms with E-state index in [1.807, 2.05) is 6.08 Å². The molecule has 0 rings (SSSR count). The molecule has 1 unspecified atom stereocenters. The first kappa shape index (κ1) is 11.0. The maximum Gasteiger partial charge on any atom is 0.00738 e. The predicted molar refractivity (Wildman–Crippen MR) is 51.7 cm³/mol. The Morgan fingerprint density at radius 3 is 2.73 bits per heavy atom. The highest BCUT2D eigenvalue weighted by molar-refractivity contribution is 6.25. The van der Waals surface area contributed by atoms with Gasteiger partial charge in [-0.1, -0.05) is 43.9 Å². The lowest BCUT2D eigenvalue weighted by molar-refractivity contribution is 0.564. The molecule has 2 heteroatoms. The summed E-state index contributed by atoms with van der Waals surface area (Å²) in [6, 6.07) is 0.302. The molecule has 0 aliphatic heterocycles. The summed E-state index contributed by atoms with van der Waals surface area (Å²) in [7, 11) is 0. The molecule has 0 saturated carbocycles. The van der Waals surface area contributed by atoms with Gasteiger partial charge in [0.15, 0.2) is 0 Å². The minimum atomic E-state index is 0.302. The molecule has 0 radical (unpaired) electrons. The van der Waals surface area contributed by atoms with Gasteiger partial charge in [-0.15, -0.1) is 0 Å². The van der Waals surface area contributed by atoms with Crippen LogP contribution in [-0.2, 0) is 0 Å². The van der Waals surface area contributed by atoms with Gasteiger partial charge in [0, 0.05) is 11.6 Å². The molecule has 0 heterocycles. The van der Waals surface area contributed by atoms with Crippen LogP contribution in [0.5, 0.6) is 0 Å². The number of nitrogens with two attached hydrogens (primary N) is 1. The fraction of sp³-hybridized carbons (Fsp3) is 0.778. The molecule has 0 spiro atoms. The van der Waals surface area contributed by atoms with Crippen LogP contribution >= 0.6 is 11.6 Å². The van der Waals surface area contributed by atoms with E-state index in [2.05, 4.69) is 6.92 Å². The third-order valence-corrected chi connectivity index (χ3v) is 1.88. The van der Waals surface area contributed by atoms with Crippen molar-refractivity contribution in [2.75, 3.05) is 0 Å². The first-order valence-corrected chi connectivity index (χ1v) is 4.75. The summed E-state index contributed by atoms with van der Waals surface area (Å²) in [6.45, 7) is 2.20. The van der Waals surface area contributed by atoms with E-state index in [-0.39, 0.29) is 0 Å². The fourth-order valence-electron chi connectivity index (χ4n) is 1.00. The number of hydrogen-bond donors (Lipinski definition) is 1. The zero-order valence-electron chi connectivity index (χ0n) is 7.22. The molecule has 1 nitrogen and oxygen atoms in total. The van der Waals surface area contributed by atoms with E-state index in [0.717, 1.165) is 12.8 Å². The molecule has 2 N–H and O–H groups in total. The Hall–Kier alpha value is -0.0100. The summed E-state index contributed by atoms with van der Waals surface area (Å²) < 4.78 is 0. The Bertz CT molecular complexity index is 102. The molecule has 0 fully saturated rings. The third-order valence-electron chi connectivity index (χ3n) is 1.71. The van der Waals surface area contributed by atoms with Gasteiger partial charge in [-0.3, -0.25) is 0 Å². The predicted octanol–water partition coefficient (Wildman–Crippen LogP) is 3.04. The molecule has 0 aromatic heterocycles. The van der Waals surface area contributed by atoms with Crippen LogP contribution < -0.4 is 5.73 Å². The molecule has 0 aromatic carbocycles. The van der Waals surface area contributed by atoms with Crippen molar-refractivity contribution < 1.29 is 0 Å². The van der Waals surface area contributed by atoms with Gasteiger partial charge in [-0.05, 0) is 12.8 Å². The van der Waals surface area contributed by atoms with Crippen molar-refractivity contribution in [3.8, 4) is 0 Å². The van der Waals surface area contributed by atoms with Crippen molar-refractivity contribution in [1.82, 2.24) is 0 Å². The zero-order valence-corrected chi connectivity index (χ0v) is 7.98. The lowest BCUT2D eigenvalue weighted by Crippen LogP contribution is -2.18. The molecule has 1 atom stereocenters. The van der Waals surface area contributed by atoms with Crippen LogP contribution in [0.3, 0.4) is 0 Å². The van der Waals surface area contributed by atoms with E-state index in [1.165, 1.54) is 19.3 Å². The molecule has 0 aliphatic carbocycles. The van der Waals surface area contributed by atoms with Crippen LogP contribution in [0.1, 0.15) is 39.0 Å². The normalized spacial score (nSPS) is 14.1. The second kappa shape index (κ2) is 8.09. The highest BCUT2D eigenvalue weighted by Crippen LogP contribution is 2.04. The quantitative estimate of drug-likeness (QED) is 0.618. The molecule has 0 amide bonds. The van der Waals surface area contributed by atoms with Crippen molar-refractivity contribution in [3.63, 3.8) is 0 Å². The number of rotatable bonds is 6. The Balaban J connectivity index is 3.15. The maximum atomic E-state index is 5.79. The van der Waals surface area contributed by atoms with E-state index in [1.54, 1.807) is 5.54 Å². The van der Waals surface area contributed by atoms with Crippen LogP contribution in [0.2, 0.25) is 0 Å². The van der Waals surface area contributed by atoms with Crippen LogP contribution in [0.4, 0.5) is 0 Å². The fourth-order valence-corrected chi connectivity index (χ4v) is 1.10. The smallest absolute Gasteiger partial charge is 0.00738 e. The Morgan fingerprint density at radius 1 is 1.45 bits per heavy atom. The molecule has 66 valence electrons. The van der Waals surface area contributed by atoms with E-state index >= 15 is 0 Å². The molecular formula is C9H18ClN. The monoisotopic (exact) mass is 175 g/mol. The summed E-state index contributed by atoms with van der Waals surface area (Å²) in [6.07, 6.45) is 7.74. The minimum absolute atomic E-state index is 0.302. The lowest BCUT2D eigenvalue weighted by Gasteiger charge is -2.06. The molecule has 0 aliphatic rings. The standard InChI is InChI=1S/C9H18ClN/c1-2-3-4-6-9(11)7-5-8-10/h5,8-9H,2-4,6-7,11H2,1H3. The first-order chi connectivity index (χ1) is 5.31. The van der Waals surface area contributed by atoms with E-state index in [4.69, 9.17) is 17.3 Å². The third kappa shape index (κ3) is 7.89. The van der Waals surface area contributed by atoms with E-state index in [9.17, 15) is 0 Å². The molecule has 11 heavy (non-hydrogen) atoms. The average Bonchev–Trinajstić information content (AvgIpc) is 2.01. The van der Waals surface area contributed by atoms with Crippen molar-refractivity contribution in [2.24, 2.45) is 5.73 Å². The second-order valence-electron chi connectivity index (χ2n) is 2.85. The SMILES string of the molecule is CCCCCC(N)CC=CCl. The summed E-state index contributed by atoms with van der Waals surface area (Å²) in [5.41, 5.74) is 7.33. The van der Waals surface area contributed by atoms with Crippen molar-refractivity contribution in [3.05, 3.63) is 11.6 Å². The highest BCUT2D eigenvalue weighted by Gasteiger charge is 1.97. The Labute approximate surface area is 74.6 Å². The highest BCUT2D eigenvalue weighted by atomic mass is 35.5. The summed E-state index contributed by atoms with van der Waals surface area (Å²) in [5.74, 6) is 0. The van der Waals surface area contributed by atoms with Crippen LogP contribution in [0.15, 0.2) is 11.6 Å². The average molecular weight is 176 g/mol. The van der Waals surface area contributed by atoms with Crippen LogP contribution in [0, 0.1) is 0 Å². The van der Waals surface area contributed by atoms with Gasteiger partial charge >= 0.3 is 0 Å². The topological polar surface area (TPSA) is 26.0 Å². The Kier molecular flexibility index (Phi) is 8.08. The van der Waals surface area contributed by atoms with E-state index < -0.39 is 0 Å². The van der Waals surface area contributed by atoms with Gasteiger partial charge in [0.2, 0.25) is 0 Å². The molecule has 0 bridgehead atoms. The van der Waals surface area contributed by atoms with Crippen LogP contribution in [0.25, 0.3) is 0 Å². The molecule has 0 aromatic rings. The van der Waals surface area contributed by atoms with E-state index in [0.29, 0.717) is 6.04 Å². The summed E-state index contributed by atoms with van der Waals surface area (Å²) >= 11 is 5.37. The van der Waals surface area contributed by atoms with Gasteiger partial charge in [0.25, 0.3) is 0 Å². The van der Waals surface area contributed by atoms with Crippen molar-refractivity contribution in [1.29, 1.82) is 0 Å². The van der Waals surface area contributed by atoms with Gasteiger partial charge in [0.05, 0.1) is 0 Å².